The van der Waals surface area contributed by atoms with Crippen molar-refractivity contribution in [2.75, 3.05) is 17.1 Å². The molecule has 0 aromatic heterocycles. The van der Waals surface area contributed by atoms with Gasteiger partial charge in [-0.15, -0.1) is 0 Å². The van der Waals surface area contributed by atoms with Crippen LogP contribution >= 0.6 is 11.6 Å². The van der Waals surface area contributed by atoms with Crippen molar-refractivity contribution in [3.63, 3.8) is 0 Å². The Kier molecular flexibility index (Phi) is 9.87. The summed E-state index contributed by atoms with van der Waals surface area (Å²) in [6.45, 7) is 1.55. The number of anilines is 1. The van der Waals surface area contributed by atoms with E-state index in [9.17, 15) is 18.0 Å². The Morgan fingerprint density at radius 2 is 1.62 bits per heavy atom. The lowest BCUT2D eigenvalue weighted by Gasteiger charge is -2.34. The fraction of sp³-hybridized carbons (Fsp3) is 0.355. The van der Waals surface area contributed by atoms with Crippen LogP contribution in [0.4, 0.5) is 5.69 Å². The van der Waals surface area contributed by atoms with Crippen LogP contribution in [-0.4, -0.2) is 50.0 Å². The molecular weight excluding hydrogens is 546 g/mol. The minimum absolute atomic E-state index is 0.0677. The molecule has 3 aromatic carbocycles. The van der Waals surface area contributed by atoms with Crippen LogP contribution in [0.5, 0.6) is 0 Å². The fourth-order valence-corrected chi connectivity index (χ4v) is 6.07. The highest BCUT2D eigenvalue weighted by Gasteiger charge is 2.34. The number of rotatable bonds is 11. The lowest BCUT2D eigenvalue weighted by molar-refractivity contribution is -0.140. The van der Waals surface area contributed by atoms with Gasteiger partial charge in [0.25, 0.3) is 0 Å². The molecule has 0 heterocycles. The summed E-state index contributed by atoms with van der Waals surface area (Å²) in [5.41, 5.74) is 2.96. The van der Waals surface area contributed by atoms with E-state index in [2.05, 4.69) is 5.32 Å². The maximum atomic E-state index is 14.1. The number of benzene rings is 3. The first kappa shape index (κ1) is 29.6. The number of hydrogen-bond acceptors (Lipinski definition) is 4. The summed E-state index contributed by atoms with van der Waals surface area (Å²) in [4.78, 5) is 29.5. The maximum Gasteiger partial charge on any atom is 0.244 e. The first-order valence-electron chi connectivity index (χ1n) is 13.5. The highest BCUT2D eigenvalue weighted by Crippen LogP contribution is 2.23. The van der Waals surface area contributed by atoms with E-state index < -0.39 is 28.5 Å². The van der Waals surface area contributed by atoms with Gasteiger partial charge in [0, 0.05) is 24.0 Å². The van der Waals surface area contributed by atoms with E-state index in [-0.39, 0.29) is 18.5 Å². The van der Waals surface area contributed by atoms with Crippen LogP contribution in [0.25, 0.3) is 0 Å². The van der Waals surface area contributed by atoms with Gasteiger partial charge < -0.3 is 10.2 Å². The Bertz CT molecular complexity index is 1410. The first-order valence-corrected chi connectivity index (χ1v) is 15.8. The van der Waals surface area contributed by atoms with E-state index in [0.717, 1.165) is 52.9 Å². The lowest BCUT2D eigenvalue weighted by Crippen LogP contribution is -2.54. The molecule has 0 spiro atoms. The number of nitrogens with zero attached hydrogens (tertiary/aromatic N) is 2. The second-order valence-electron chi connectivity index (χ2n) is 10.5. The van der Waals surface area contributed by atoms with Crippen molar-refractivity contribution in [2.45, 2.75) is 57.7 Å². The third kappa shape index (κ3) is 8.08. The Morgan fingerprint density at radius 1 is 0.950 bits per heavy atom. The molecule has 0 saturated heterocycles. The summed E-state index contributed by atoms with van der Waals surface area (Å²) >= 11 is 6.11. The topological polar surface area (TPSA) is 86.8 Å². The van der Waals surface area contributed by atoms with E-state index >= 15 is 0 Å². The summed E-state index contributed by atoms with van der Waals surface area (Å²) in [6.07, 6.45) is 5.31. The number of nitrogens with one attached hydrogen (secondary N) is 1. The summed E-state index contributed by atoms with van der Waals surface area (Å²) in [5, 5.41) is 3.73. The zero-order valence-electron chi connectivity index (χ0n) is 22.9. The van der Waals surface area contributed by atoms with Crippen molar-refractivity contribution in [2.24, 2.45) is 0 Å². The number of carbonyl (C=O) groups is 2. The quantitative estimate of drug-likeness (QED) is 0.341. The molecule has 0 aliphatic heterocycles. The van der Waals surface area contributed by atoms with Crippen LogP contribution in [-0.2, 0) is 32.6 Å². The largest absolute Gasteiger partial charge is 0.352 e. The van der Waals surface area contributed by atoms with Crippen LogP contribution in [0.2, 0.25) is 5.02 Å². The van der Waals surface area contributed by atoms with Gasteiger partial charge in [-0.05, 0) is 60.7 Å². The van der Waals surface area contributed by atoms with E-state index in [1.807, 2.05) is 55.5 Å². The van der Waals surface area contributed by atoms with Gasteiger partial charge in [-0.1, -0.05) is 79.0 Å². The molecule has 3 aromatic rings. The normalized spacial score (nSPS) is 14.5. The van der Waals surface area contributed by atoms with Crippen LogP contribution in [0.15, 0.2) is 78.9 Å². The number of hydrogen-bond donors (Lipinski definition) is 1. The molecule has 0 bridgehead atoms. The molecular formula is C31H36ClN3O4S. The van der Waals surface area contributed by atoms with Gasteiger partial charge in [-0.3, -0.25) is 13.9 Å². The second kappa shape index (κ2) is 13.3. The third-order valence-electron chi connectivity index (χ3n) is 7.21. The maximum absolute atomic E-state index is 14.1. The molecule has 1 aliphatic carbocycles. The Hall–Kier alpha value is -3.36. The van der Waals surface area contributed by atoms with Crippen molar-refractivity contribution >= 4 is 39.1 Å². The third-order valence-corrected chi connectivity index (χ3v) is 8.60. The zero-order valence-corrected chi connectivity index (χ0v) is 24.5. The van der Waals surface area contributed by atoms with Gasteiger partial charge in [0.15, 0.2) is 0 Å². The van der Waals surface area contributed by atoms with Gasteiger partial charge in [0.2, 0.25) is 21.8 Å². The van der Waals surface area contributed by atoms with Gasteiger partial charge in [-0.25, -0.2) is 8.42 Å². The Morgan fingerprint density at radius 3 is 2.25 bits per heavy atom. The SMILES string of the molecule is Cc1cccc(N(CC(=O)N(Cc2ccc(Cl)cc2)C(Cc2ccccc2)C(=O)NC2CCCC2)S(C)(=O)=O)c1. The van der Waals surface area contributed by atoms with Crippen molar-refractivity contribution in [1.29, 1.82) is 0 Å². The van der Waals surface area contributed by atoms with Crippen molar-refractivity contribution in [1.82, 2.24) is 10.2 Å². The van der Waals surface area contributed by atoms with E-state index in [1.165, 1.54) is 4.90 Å². The smallest absolute Gasteiger partial charge is 0.244 e. The molecule has 4 rings (SSSR count). The molecule has 1 unspecified atom stereocenters. The molecule has 2 amide bonds. The molecule has 1 fully saturated rings. The highest BCUT2D eigenvalue weighted by atomic mass is 35.5. The first-order chi connectivity index (χ1) is 19.1. The van der Waals surface area contributed by atoms with E-state index in [4.69, 9.17) is 11.6 Å². The molecule has 7 nitrogen and oxygen atoms in total. The predicted octanol–water partition coefficient (Wildman–Crippen LogP) is 5.11. The number of carbonyl (C=O) groups excluding carboxylic acids is 2. The molecule has 40 heavy (non-hydrogen) atoms. The van der Waals surface area contributed by atoms with Crippen molar-refractivity contribution < 1.29 is 18.0 Å². The predicted molar refractivity (Wildman–Crippen MR) is 160 cm³/mol. The standard InChI is InChI=1S/C31H36ClN3O4S/c1-23-9-8-14-28(19-23)35(40(2,38)39)22-30(36)34(21-25-15-17-26(32)18-16-25)29(20-24-10-4-3-5-11-24)31(37)33-27-12-6-7-13-27/h3-5,8-11,14-19,27,29H,6-7,12-13,20-22H2,1-2H3,(H,33,37). The average molecular weight is 582 g/mol. The van der Waals surface area contributed by atoms with Gasteiger partial charge >= 0.3 is 0 Å². The monoisotopic (exact) mass is 581 g/mol. The number of amides is 2. The average Bonchev–Trinajstić information content (AvgIpc) is 3.43. The fourth-order valence-electron chi connectivity index (χ4n) is 5.10. The van der Waals surface area contributed by atoms with Crippen LogP contribution in [0.3, 0.4) is 0 Å². The molecule has 1 atom stereocenters. The molecule has 9 heteroatoms. The summed E-state index contributed by atoms with van der Waals surface area (Å²) in [5.74, 6) is -0.705. The molecule has 1 aliphatic rings. The van der Waals surface area contributed by atoms with Gasteiger partial charge in [0.05, 0.1) is 11.9 Å². The van der Waals surface area contributed by atoms with Crippen LogP contribution in [0, 0.1) is 6.92 Å². The molecule has 0 radical (unpaired) electrons. The lowest BCUT2D eigenvalue weighted by atomic mass is 10.0. The summed E-state index contributed by atoms with van der Waals surface area (Å²) in [7, 11) is -3.80. The minimum Gasteiger partial charge on any atom is -0.352 e. The van der Waals surface area contributed by atoms with Crippen molar-refractivity contribution in [3.05, 3.63) is 101 Å². The molecule has 1 N–H and O–H groups in total. The zero-order chi connectivity index (χ0) is 28.7. The molecule has 212 valence electrons. The number of sulfonamides is 1. The number of aryl methyl sites for hydroxylation is 1. The summed E-state index contributed by atoms with van der Waals surface area (Å²) < 4.78 is 26.9. The van der Waals surface area contributed by atoms with Crippen LogP contribution in [0.1, 0.15) is 42.4 Å². The number of halogens is 1. The van der Waals surface area contributed by atoms with Gasteiger partial charge in [-0.2, -0.15) is 0 Å². The Balaban J connectivity index is 1.72. The highest BCUT2D eigenvalue weighted by molar-refractivity contribution is 7.92. The summed E-state index contributed by atoms with van der Waals surface area (Å²) in [6, 6.07) is 22.9. The van der Waals surface area contributed by atoms with E-state index in [1.54, 1.807) is 30.3 Å². The van der Waals surface area contributed by atoms with Gasteiger partial charge in [0.1, 0.15) is 12.6 Å². The van der Waals surface area contributed by atoms with E-state index in [0.29, 0.717) is 17.1 Å². The second-order valence-corrected chi connectivity index (χ2v) is 12.8. The minimum atomic E-state index is -3.80. The molecule has 1 saturated carbocycles. The van der Waals surface area contributed by atoms with Crippen molar-refractivity contribution in [3.8, 4) is 0 Å². The Labute approximate surface area is 242 Å². The van der Waals surface area contributed by atoms with Crippen LogP contribution < -0.4 is 9.62 Å².